The Morgan fingerprint density at radius 3 is 2.68 bits per heavy atom. The number of nitrogens with one attached hydrogen (secondary N) is 1. The molecule has 1 aromatic carbocycles. The third-order valence-corrected chi connectivity index (χ3v) is 6.45. The molecule has 0 bridgehead atoms. The number of nitrogens with zero attached hydrogens (tertiary/aromatic N) is 1. The molecule has 0 aromatic heterocycles. The lowest BCUT2D eigenvalue weighted by Gasteiger charge is -2.31. The summed E-state index contributed by atoms with van der Waals surface area (Å²) in [5.41, 5.74) is 0. The van der Waals surface area contributed by atoms with Gasteiger partial charge in [0.05, 0.1) is 10.0 Å². The Kier molecular flexibility index (Phi) is 4.80. The van der Waals surface area contributed by atoms with E-state index in [4.69, 9.17) is 23.2 Å². The fourth-order valence-corrected chi connectivity index (χ4v) is 4.73. The van der Waals surface area contributed by atoms with Gasteiger partial charge in [0.2, 0.25) is 10.0 Å². The molecule has 1 atom stereocenters. The van der Waals surface area contributed by atoms with Gasteiger partial charge in [0.15, 0.2) is 0 Å². The zero-order valence-corrected chi connectivity index (χ0v) is 14.1. The van der Waals surface area contributed by atoms with Gasteiger partial charge < -0.3 is 5.32 Å². The summed E-state index contributed by atoms with van der Waals surface area (Å²) < 4.78 is 27.1. The van der Waals surface area contributed by atoms with Crippen molar-refractivity contribution >= 4 is 49.2 Å². The fourth-order valence-electron chi connectivity index (χ4n) is 1.96. The standard InChI is InChI=1S/C11H13BrCl2N2O2S/c1-7-6-16(3-2-15-7)19(17,18)11-4-8(12)9(13)5-10(11)14/h4-5,7,15H,2-3,6H2,1H3. The van der Waals surface area contributed by atoms with E-state index < -0.39 is 10.0 Å². The molecule has 0 spiro atoms. The van der Waals surface area contributed by atoms with E-state index in [0.29, 0.717) is 29.1 Å². The Labute approximate surface area is 131 Å². The number of rotatable bonds is 2. The third-order valence-electron chi connectivity index (χ3n) is 2.92. The van der Waals surface area contributed by atoms with Gasteiger partial charge in [-0.2, -0.15) is 4.31 Å². The highest BCUT2D eigenvalue weighted by Crippen LogP contribution is 2.33. The summed E-state index contributed by atoms with van der Waals surface area (Å²) >= 11 is 15.1. The van der Waals surface area contributed by atoms with E-state index in [9.17, 15) is 8.42 Å². The van der Waals surface area contributed by atoms with Crippen LogP contribution in [0.3, 0.4) is 0 Å². The summed E-state index contributed by atoms with van der Waals surface area (Å²) in [4.78, 5) is 0.0829. The van der Waals surface area contributed by atoms with Crippen molar-refractivity contribution in [1.82, 2.24) is 9.62 Å². The molecule has 19 heavy (non-hydrogen) atoms. The predicted octanol–water partition coefficient (Wildman–Crippen LogP) is 2.74. The number of halogens is 3. The lowest BCUT2D eigenvalue weighted by atomic mass is 10.3. The second-order valence-corrected chi connectivity index (χ2v) is 7.99. The average Bonchev–Trinajstić information content (AvgIpc) is 2.33. The Bertz CT molecular complexity index is 595. The van der Waals surface area contributed by atoms with Crippen LogP contribution in [0.2, 0.25) is 10.0 Å². The van der Waals surface area contributed by atoms with Crippen molar-refractivity contribution in [3.63, 3.8) is 0 Å². The maximum Gasteiger partial charge on any atom is 0.244 e. The van der Waals surface area contributed by atoms with E-state index in [-0.39, 0.29) is 16.0 Å². The molecule has 0 radical (unpaired) electrons. The lowest BCUT2D eigenvalue weighted by molar-refractivity contribution is 0.310. The van der Waals surface area contributed by atoms with Crippen LogP contribution in [0.15, 0.2) is 21.5 Å². The highest BCUT2D eigenvalue weighted by Gasteiger charge is 2.30. The highest BCUT2D eigenvalue weighted by atomic mass is 79.9. The van der Waals surface area contributed by atoms with Gasteiger partial charge in [0.25, 0.3) is 0 Å². The molecule has 0 amide bonds. The molecule has 2 rings (SSSR count). The molecule has 0 saturated carbocycles. The fraction of sp³-hybridized carbons (Fsp3) is 0.455. The smallest absolute Gasteiger partial charge is 0.244 e. The van der Waals surface area contributed by atoms with Crippen molar-refractivity contribution in [2.24, 2.45) is 0 Å². The van der Waals surface area contributed by atoms with Crippen molar-refractivity contribution < 1.29 is 8.42 Å². The van der Waals surface area contributed by atoms with Crippen LogP contribution >= 0.6 is 39.1 Å². The molecule has 1 saturated heterocycles. The molecule has 1 aromatic rings. The highest BCUT2D eigenvalue weighted by molar-refractivity contribution is 9.10. The van der Waals surface area contributed by atoms with Crippen molar-refractivity contribution in [1.29, 1.82) is 0 Å². The van der Waals surface area contributed by atoms with E-state index in [1.165, 1.54) is 16.4 Å². The number of hydrogen-bond acceptors (Lipinski definition) is 3. The molecule has 1 aliphatic heterocycles. The lowest BCUT2D eigenvalue weighted by Crippen LogP contribution is -2.51. The number of benzene rings is 1. The summed E-state index contributed by atoms with van der Waals surface area (Å²) in [6.07, 6.45) is 0. The first-order chi connectivity index (χ1) is 8.82. The molecule has 1 fully saturated rings. The molecule has 1 aliphatic rings. The third kappa shape index (κ3) is 3.25. The van der Waals surface area contributed by atoms with E-state index >= 15 is 0 Å². The maximum absolute atomic E-state index is 12.6. The van der Waals surface area contributed by atoms with Crippen LogP contribution in [0, 0.1) is 0 Å². The van der Waals surface area contributed by atoms with Crippen LogP contribution in [0.1, 0.15) is 6.92 Å². The second kappa shape index (κ2) is 5.87. The van der Waals surface area contributed by atoms with Gasteiger partial charge in [0.1, 0.15) is 4.90 Å². The van der Waals surface area contributed by atoms with Gasteiger partial charge in [0, 0.05) is 30.1 Å². The summed E-state index contributed by atoms with van der Waals surface area (Å²) in [5, 5.41) is 3.73. The topological polar surface area (TPSA) is 49.4 Å². The Hall–Kier alpha value is 0.150. The van der Waals surface area contributed by atoms with E-state index in [1.54, 1.807) is 0 Å². The minimum absolute atomic E-state index is 0.0829. The molecule has 0 aliphatic carbocycles. The number of sulfonamides is 1. The average molecular weight is 388 g/mol. The van der Waals surface area contributed by atoms with Crippen molar-refractivity contribution in [2.45, 2.75) is 17.9 Å². The quantitative estimate of drug-likeness (QED) is 0.793. The van der Waals surface area contributed by atoms with Gasteiger partial charge >= 0.3 is 0 Å². The van der Waals surface area contributed by atoms with Crippen LogP contribution in [0.4, 0.5) is 0 Å². The van der Waals surface area contributed by atoms with Crippen LogP contribution in [-0.4, -0.2) is 38.4 Å². The van der Waals surface area contributed by atoms with Gasteiger partial charge in [-0.05, 0) is 35.0 Å². The molecule has 1 heterocycles. The molecule has 1 unspecified atom stereocenters. The van der Waals surface area contributed by atoms with Crippen molar-refractivity contribution in [2.75, 3.05) is 19.6 Å². The van der Waals surface area contributed by atoms with Gasteiger partial charge in [-0.3, -0.25) is 0 Å². The summed E-state index contributed by atoms with van der Waals surface area (Å²) in [5.74, 6) is 0. The molecule has 8 heteroatoms. The van der Waals surface area contributed by atoms with Crippen molar-refractivity contribution in [3.8, 4) is 0 Å². The Morgan fingerprint density at radius 2 is 2.05 bits per heavy atom. The Morgan fingerprint density at radius 1 is 1.37 bits per heavy atom. The van der Waals surface area contributed by atoms with Gasteiger partial charge in [-0.15, -0.1) is 0 Å². The monoisotopic (exact) mass is 386 g/mol. The minimum atomic E-state index is -3.59. The SMILES string of the molecule is CC1CN(S(=O)(=O)c2cc(Br)c(Cl)cc2Cl)CCN1. The van der Waals surface area contributed by atoms with Crippen LogP contribution in [0.5, 0.6) is 0 Å². The predicted molar refractivity (Wildman–Crippen MR) is 80.4 cm³/mol. The summed E-state index contributed by atoms with van der Waals surface area (Å²) in [6, 6.07) is 3.01. The summed E-state index contributed by atoms with van der Waals surface area (Å²) in [7, 11) is -3.59. The molecule has 4 nitrogen and oxygen atoms in total. The number of hydrogen-bond donors (Lipinski definition) is 1. The van der Waals surface area contributed by atoms with E-state index in [0.717, 1.165) is 0 Å². The van der Waals surface area contributed by atoms with E-state index in [2.05, 4.69) is 21.2 Å². The van der Waals surface area contributed by atoms with E-state index in [1.807, 2.05) is 6.92 Å². The first-order valence-electron chi connectivity index (χ1n) is 5.70. The zero-order valence-electron chi connectivity index (χ0n) is 10.2. The van der Waals surface area contributed by atoms with Crippen LogP contribution < -0.4 is 5.32 Å². The second-order valence-electron chi connectivity index (χ2n) is 4.41. The molecule has 106 valence electrons. The van der Waals surface area contributed by atoms with Gasteiger partial charge in [-0.1, -0.05) is 23.2 Å². The normalized spacial score (nSPS) is 21.6. The zero-order chi connectivity index (χ0) is 14.2. The number of piperazine rings is 1. The molecule has 1 N–H and O–H groups in total. The first-order valence-corrected chi connectivity index (χ1v) is 8.69. The van der Waals surface area contributed by atoms with Crippen molar-refractivity contribution in [3.05, 3.63) is 26.7 Å². The summed E-state index contributed by atoms with van der Waals surface area (Å²) in [6.45, 7) is 3.44. The Balaban J connectivity index is 2.42. The first kappa shape index (κ1) is 15.5. The molecular formula is C11H13BrCl2N2O2S. The van der Waals surface area contributed by atoms with Crippen LogP contribution in [0.25, 0.3) is 0 Å². The van der Waals surface area contributed by atoms with Gasteiger partial charge in [-0.25, -0.2) is 8.42 Å². The maximum atomic E-state index is 12.6. The van der Waals surface area contributed by atoms with Crippen LogP contribution in [-0.2, 0) is 10.0 Å². The minimum Gasteiger partial charge on any atom is -0.312 e. The largest absolute Gasteiger partial charge is 0.312 e. The molecular weight excluding hydrogens is 375 g/mol.